The van der Waals surface area contributed by atoms with E-state index >= 15 is 0 Å². The summed E-state index contributed by atoms with van der Waals surface area (Å²) >= 11 is 0. The van der Waals surface area contributed by atoms with E-state index in [0.29, 0.717) is 25.0 Å². The molecular weight excluding hydrogens is 178 g/mol. The number of carbonyl (C=O) groups is 1. The van der Waals surface area contributed by atoms with Crippen LogP contribution in [0.1, 0.15) is 20.3 Å². The van der Waals surface area contributed by atoms with Gasteiger partial charge in [0.15, 0.2) is 0 Å². The van der Waals surface area contributed by atoms with Gasteiger partial charge in [-0.2, -0.15) is 0 Å². The quantitative estimate of drug-likeness (QED) is 0.659. The van der Waals surface area contributed by atoms with Gasteiger partial charge in [0.05, 0.1) is 6.54 Å². The zero-order valence-corrected chi connectivity index (χ0v) is 9.12. The molecule has 0 aromatic heterocycles. The summed E-state index contributed by atoms with van der Waals surface area (Å²) < 4.78 is 0. The largest absolute Gasteiger partial charge is 0.351 e. The van der Waals surface area contributed by atoms with E-state index < -0.39 is 0 Å². The van der Waals surface area contributed by atoms with E-state index in [9.17, 15) is 4.79 Å². The van der Waals surface area contributed by atoms with Crippen LogP contribution in [0.2, 0.25) is 0 Å². The third kappa shape index (κ3) is 3.27. The van der Waals surface area contributed by atoms with Crippen LogP contribution >= 0.6 is 0 Å². The number of amides is 1. The first kappa shape index (κ1) is 11.5. The van der Waals surface area contributed by atoms with Gasteiger partial charge >= 0.3 is 0 Å². The molecule has 1 rings (SSSR count). The Morgan fingerprint density at radius 3 is 2.93 bits per heavy atom. The summed E-state index contributed by atoms with van der Waals surface area (Å²) in [7, 11) is 0. The van der Waals surface area contributed by atoms with Crippen molar-refractivity contribution in [3.63, 3.8) is 0 Å². The van der Waals surface area contributed by atoms with E-state index in [2.05, 4.69) is 24.1 Å². The van der Waals surface area contributed by atoms with E-state index in [-0.39, 0.29) is 5.91 Å². The second-order valence-electron chi connectivity index (χ2n) is 4.30. The number of rotatable bonds is 4. The molecule has 1 unspecified atom stereocenters. The molecule has 0 spiro atoms. The Labute approximate surface area is 85.8 Å². The minimum atomic E-state index is 0.145. The Balaban J connectivity index is 2.41. The number of nitrogens with two attached hydrogens (primary N) is 1. The van der Waals surface area contributed by atoms with Crippen molar-refractivity contribution in [1.29, 1.82) is 0 Å². The molecule has 4 heteroatoms. The van der Waals surface area contributed by atoms with Crippen LogP contribution in [0.3, 0.4) is 0 Å². The maximum absolute atomic E-state index is 11.4. The Bertz CT molecular complexity index is 194. The summed E-state index contributed by atoms with van der Waals surface area (Å²) in [6.45, 7) is 7.40. The third-order valence-electron chi connectivity index (χ3n) is 2.65. The van der Waals surface area contributed by atoms with Gasteiger partial charge in [0.25, 0.3) is 0 Å². The fraction of sp³-hybridized carbons (Fsp3) is 0.900. The molecule has 0 bridgehead atoms. The molecule has 1 heterocycles. The van der Waals surface area contributed by atoms with Gasteiger partial charge in [-0.05, 0) is 25.4 Å². The summed E-state index contributed by atoms with van der Waals surface area (Å²) in [4.78, 5) is 13.6. The van der Waals surface area contributed by atoms with E-state index in [1.54, 1.807) is 0 Å². The average Bonchev–Trinajstić information content (AvgIpc) is 2.14. The van der Waals surface area contributed by atoms with Gasteiger partial charge in [-0.25, -0.2) is 0 Å². The molecule has 1 aliphatic rings. The topological polar surface area (TPSA) is 58.4 Å². The van der Waals surface area contributed by atoms with Crippen molar-refractivity contribution in [2.75, 3.05) is 26.2 Å². The molecule has 1 saturated heterocycles. The molecule has 0 aromatic rings. The maximum atomic E-state index is 11.4. The molecule has 3 N–H and O–H groups in total. The number of nitrogens with one attached hydrogen (secondary N) is 1. The Kier molecular flexibility index (Phi) is 4.35. The number of hydrogen-bond acceptors (Lipinski definition) is 3. The molecule has 1 atom stereocenters. The normalized spacial score (nSPS) is 24.0. The first-order valence-electron chi connectivity index (χ1n) is 5.35. The van der Waals surface area contributed by atoms with Crippen LogP contribution in [0.25, 0.3) is 0 Å². The fourth-order valence-electron chi connectivity index (χ4n) is 1.71. The number of piperazine rings is 1. The van der Waals surface area contributed by atoms with E-state index in [4.69, 9.17) is 5.73 Å². The smallest absolute Gasteiger partial charge is 0.234 e. The summed E-state index contributed by atoms with van der Waals surface area (Å²) in [5.74, 6) is 0.645. The van der Waals surface area contributed by atoms with Crippen molar-refractivity contribution in [2.24, 2.45) is 11.7 Å². The molecule has 0 aliphatic carbocycles. The van der Waals surface area contributed by atoms with Crippen molar-refractivity contribution in [3.8, 4) is 0 Å². The Morgan fingerprint density at radius 1 is 1.64 bits per heavy atom. The highest BCUT2D eigenvalue weighted by molar-refractivity contribution is 5.79. The average molecular weight is 199 g/mol. The minimum Gasteiger partial charge on any atom is -0.351 e. The van der Waals surface area contributed by atoms with Crippen LogP contribution in [0.15, 0.2) is 0 Å². The molecule has 1 fully saturated rings. The summed E-state index contributed by atoms with van der Waals surface area (Å²) in [5, 5.41) is 3.01. The van der Waals surface area contributed by atoms with Crippen molar-refractivity contribution in [1.82, 2.24) is 10.2 Å². The van der Waals surface area contributed by atoms with Crippen LogP contribution in [-0.4, -0.2) is 43.0 Å². The van der Waals surface area contributed by atoms with Crippen molar-refractivity contribution < 1.29 is 4.79 Å². The lowest BCUT2D eigenvalue weighted by molar-refractivity contribution is -0.126. The molecule has 1 aliphatic heterocycles. The van der Waals surface area contributed by atoms with Gasteiger partial charge < -0.3 is 11.1 Å². The molecule has 0 aromatic carbocycles. The lowest BCUT2D eigenvalue weighted by Gasteiger charge is -2.35. The van der Waals surface area contributed by atoms with Crippen molar-refractivity contribution in [3.05, 3.63) is 0 Å². The van der Waals surface area contributed by atoms with Gasteiger partial charge in [-0.1, -0.05) is 13.8 Å². The predicted octanol–water partition coefficient (Wildman–Crippen LogP) is -0.208. The lowest BCUT2D eigenvalue weighted by atomic mass is 10.0. The number of nitrogens with zero attached hydrogens (tertiary/aromatic N) is 1. The maximum Gasteiger partial charge on any atom is 0.234 e. The van der Waals surface area contributed by atoms with E-state index in [1.807, 2.05) is 0 Å². The number of carbonyl (C=O) groups excluding carboxylic acids is 1. The lowest BCUT2D eigenvalue weighted by Crippen LogP contribution is -2.56. The van der Waals surface area contributed by atoms with Crippen molar-refractivity contribution >= 4 is 5.91 Å². The molecule has 1 amide bonds. The van der Waals surface area contributed by atoms with Gasteiger partial charge in [-0.15, -0.1) is 0 Å². The highest BCUT2D eigenvalue weighted by atomic mass is 16.2. The highest BCUT2D eigenvalue weighted by Crippen LogP contribution is 2.08. The van der Waals surface area contributed by atoms with E-state index in [0.717, 1.165) is 19.5 Å². The van der Waals surface area contributed by atoms with Crippen LogP contribution in [0, 0.1) is 5.92 Å². The molecular formula is C10H21N3O. The first-order valence-corrected chi connectivity index (χ1v) is 5.35. The van der Waals surface area contributed by atoms with Gasteiger partial charge in [0.1, 0.15) is 0 Å². The van der Waals surface area contributed by atoms with Gasteiger partial charge in [0.2, 0.25) is 5.91 Å². The second-order valence-corrected chi connectivity index (χ2v) is 4.30. The summed E-state index contributed by atoms with van der Waals surface area (Å²) in [5.41, 5.74) is 5.45. The predicted molar refractivity (Wildman–Crippen MR) is 56.9 cm³/mol. The molecule has 14 heavy (non-hydrogen) atoms. The first-order chi connectivity index (χ1) is 6.63. The number of hydrogen-bond donors (Lipinski definition) is 2. The van der Waals surface area contributed by atoms with Gasteiger partial charge in [0, 0.05) is 12.6 Å². The highest BCUT2D eigenvalue weighted by Gasteiger charge is 2.25. The van der Waals surface area contributed by atoms with Crippen LogP contribution in [0.4, 0.5) is 0 Å². The Morgan fingerprint density at radius 2 is 2.36 bits per heavy atom. The SMILES string of the molecule is CC(C)C1CN(CCCN)CC(=O)N1. The van der Waals surface area contributed by atoms with Crippen LogP contribution in [0.5, 0.6) is 0 Å². The third-order valence-corrected chi connectivity index (χ3v) is 2.65. The van der Waals surface area contributed by atoms with Crippen LogP contribution in [-0.2, 0) is 4.79 Å². The standard InChI is InChI=1S/C10H21N3O/c1-8(2)9-6-13(5-3-4-11)7-10(14)12-9/h8-9H,3-7,11H2,1-2H3,(H,12,14). The molecule has 0 saturated carbocycles. The minimum absolute atomic E-state index is 0.145. The Hall–Kier alpha value is -0.610. The zero-order valence-electron chi connectivity index (χ0n) is 9.12. The monoisotopic (exact) mass is 199 g/mol. The fourth-order valence-corrected chi connectivity index (χ4v) is 1.71. The van der Waals surface area contributed by atoms with Crippen LogP contribution < -0.4 is 11.1 Å². The molecule has 4 nitrogen and oxygen atoms in total. The second kappa shape index (κ2) is 5.32. The summed E-state index contributed by atoms with van der Waals surface area (Å²) in [6.07, 6.45) is 0.970. The van der Waals surface area contributed by atoms with Gasteiger partial charge in [-0.3, -0.25) is 9.69 Å². The molecule has 82 valence electrons. The van der Waals surface area contributed by atoms with Crippen molar-refractivity contribution in [2.45, 2.75) is 26.3 Å². The van der Waals surface area contributed by atoms with E-state index in [1.165, 1.54) is 0 Å². The zero-order chi connectivity index (χ0) is 10.6. The summed E-state index contributed by atoms with van der Waals surface area (Å²) in [6, 6.07) is 0.300. The molecule has 0 radical (unpaired) electrons.